The number of carbonyl (C=O) groups is 1. The number of ether oxygens (including phenoxy) is 2. The monoisotopic (exact) mass is 488 g/mol. The van der Waals surface area contributed by atoms with Gasteiger partial charge in [0.2, 0.25) is 0 Å². The van der Waals surface area contributed by atoms with Gasteiger partial charge < -0.3 is 9.47 Å². The van der Waals surface area contributed by atoms with Crippen molar-refractivity contribution in [1.29, 1.82) is 0 Å². The van der Waals surface area contributed by atoms with Crippen LogP contribution in [0.3, 0.4) is 0 Å². The van der Waals surface area contributed by atoms with Gasteiger partial charge in [0.1, 0.15) is 5.75 Å². The van der Waals surface area contributed by atoms with Crippen molar-refractivity contribution in [2.45, 2.75) is 13.0 Å². The average molecular weight is 489 g/mol. The minimum atomic E-state index is -0.700. The van der Waals surface area contributed by atoms with Crippen LogP contribution in [-0.4, -0.2) is 24.8 Å². The van der Waals surface area contributed by atoms with Crippen LogP contribution in [0.15, 0.2) is 63.5 Å². The van der Waals surface area contributed by atoms with Gasteiger partial charge in [-0.25, -0.2) is 9.79 Å². The van der Waals surface area contributed by atoms with E-state index in [0.717, 1.165) is 5.56 Å². The molecule has 1 aliphatic heterocycles. The Balaban J connectivity index is 1.99. The van der Waals surface area contributed by atoms with Gasteiger partial charge in [0, 0.05) is 15.6 Å². The summed E-state index contributed by atoms with van der Waals surface area (Å²) in [4.78, 5) is 31.2. The van der Waals surface area contributed by atoms with Gasteiger partial charge in [-0.2, -0.15) is 0 Å². The van der Waals surface area contributed by atoms with E-state index < -0.39 is 12.0 Å². The first-order valence-electron chi connectivity index (χ1n) is 9.54. The number of rotatable bonds is 4. The second-order valence-electron chi connectivity index (χ2n) is 6.98. The minimum Gasteiger partial charge on any atom is -0.497 e. The number of thiazole rings is 1. The van der Waals surface area contributed by atoms with Crippen molar-refractivity contribution >= 4 is 46.6 Å². The van der Waals surface area contributed by atoms with Crippen LogP contribution in [0.5, 0.6) is 5.75 Å². The molecule has 0 N–H and O–H groups in total. The Morgan fingerprint density at radius 1 is 1.12 bits per heavy atom. The Hall–Kier alpha value is -2.87. The van der Waals surface area contributed by atoms with E-state index in [1.165, 1.54) is 23.0 Å². The SMILES string of the molecule is COC(=O)C1=C(C)N=c2sc(=Cc3c(Cl)cccc3Cl)c(=O)n2C1c1ccc(OC)cc1. The number of esters is 1. The first-order valence-corrected chi connectivity index (χ1v) is 11.1. The lowest BCUT2D eigenvalue weighted by atomic mass is 9.96. The molecule has 3 aromatic rings. The van der Waals surface area contributed by atoms with Crippen molar-refractivity contribution < 1.29 is 14.3 Å². The third-order valence-corrected chi connectivity index (χ3v) is 6.78. The zero-order valence-electron chi connectivity index (χ0n) is 17.4. The van der Waals surface area contributed by atoms with Gasteiger partial charge in [0.05, 0.1) is 36.1 Å². The highest BCUT2D eigenvalue weighted by Gasteiger charge is 2.33. The van der Waals surface area contributed by atoms with Crippen molar-refractivity contribution in [2.24, 2.45) is 4.99 Å². The molecule has 0 amide bonds. The first kappa shape index (κ1) is 22.3. The van der Waals surface area contributed by atoms with Crippen LogP contribution >= 0.6 is 34.5 Å². The molecule has 0 saturated carbocycles. The topological polar surface area (TPSA) is 69.9 Å². The van der Waals surface area contributed by atoms with E-state index in [1.54, 1.807) is 50.4 Å². The summed E-state index contributed by atoms with van der Waals surface area (Å²) in [5, 5.41) is 0.864. The predicted molar refractivity (Wildman–Crippen MR) is 125 cm³/mol. The van der Waals surface area contributed by atoms with Gasteiger partial charge in [0.15, 0.2) is 4.80 Å². The molecule has 1 aliphatic rings. The fraction of sp³-hybridized carbons (Fsp3) is 0.174. The summed E-state index contributed by atoms with van der Waals surface area (Å²) in [6, 6.07) is 11.6. The first-order chi connectivity index (χ1) is 15.3. The van der Waals surface area contributed by atoms with Crippen LogP contribution in [0, 0.1) is 0 Å². The standard InChI is InChI=1S/C23H18Cl2N2O4S/c1-12-19(22(29)31-3)20(13-7-9-14(30-2)10-8-13)27-21(28)18(32-23(27)26-12)11-15-16(24)5-4-6-17(15)25/h4-11,20H,1-3H3. The van der Waals surface area contributed by atoms with E-state index in [-0.39, 0.29) is 5.56 Å². The normalized spacial score (nSPS) is 15.9. The molecular formula is C23H18Cl2N2O4S. The molecule has 2 heterocycles. The summed E-state index contributed by atoms with van der Waals surface area (Å²) >= 11 is 13.8. The summed E-state index contributed by atoms with van der Waals surface area (Å²) in [5.41, 5.74) is 1.75. The number of aromatic nitrogens is 1. The highest BCUT2D eigenvalue weighted by molar-refractivity contribution is 7.07. The van der Waals surface area contributed by atoms with Gasteiger partial charge in [-0.3, -0.25) is 9.36 Å². The van der Waals surface area contributed by atoms with Gasteiger partial charge in [-0.1, -0.05) is 52.7 Å². The van der Waals surface area contributed by atoms with Crippen molar-refractivity contribution in [2.75, 3.05) is 14.2 Å². The second kappa shape index (κ2) is 8.94. The number of hydrogen-bond donors (Lipinski definition) is 0. The summed E-state index contributed by atoms with van der Waals surface area (Å²) in [7, 11) is 2.88. The zero-order valence-corrected chi connectivity index (χ0v) is 19.7. The molecule has 0 aliphatic carbocycles. The molecule has 4 rings (SSSR count). The Morgan fingerprint density at radius 2 is 1.78 bits per heavy atom. The molecule has 1 unspecified atom stereocenters. The minimum absolute atomic E-state index is 0.299. The van der Waals surface area contributed by atoms with E-state index in [1.807, 2.05) is 12.1 Å². The smallest absolute Gasteiger partial charge is 0.338 e. The number of benzene rings is 2. The molecule has 0 saturated heterocycles. The molecular weight excluding hydrogens is 471 g/mol. The molecule has 0 spiro atoms. The Bertz CT molecular complexity index is 1400. The van der Waals surface area contributed by atoms with E-state index in [4.69, 9.17) is 32.7 Å². The summed E-state index contributed by atoms with van der Waals surface area (Å²) in [6.45, 7) is 1.73. The number of carbonyl (C=O) groups excluding carboxylic acids is 1. The van der Waals surface area contributed by atoms with Crippen LogP contribution in [0.4, 0.5) is 0 Å². The average Bonchev–Trinajstić information content (AvgIpc) is 3.09. The van der Waals surface area contributed by atoms with Crippen LogP contribution in [0.2, 0.25) is 10.0 Å². The molecule has 1 atom stereocenters. The van der Waals surface area contributed by atoms with Crippen molar-refractivity contribution in [3.05, 3.63) is 94.6 Å². The third kappa shape index (κ3) is 3.88. The Labute approximate surface area is 197 Å². The summed E-state index contributed by atoms with van der Waals surface area (Å²) in [6.07, 6.45) is 1.65. The van der Waals surface area contributed by atoms with E-state index in [0.29, 0.717) is 42.0 Å². The fourth-order valence-electron chi connectivity index (χ4n) is 3.57. The lowest BCUT2D eigenvalue weighted by Crippen LogP contribution is -2.39. The van der Waals surface area contributed by atoms with Crippen LogP contribution in [0.1, 0.15) is 24.1 Å². The van der Waals surface area contributed by atoms with Crippen molar-refractivity contribution in [1.82, 2.24) is 4.57 Å². The molecule has 1 aromatic heterocycles. The largest absolute Gasteiger partial charge is 0.497 e. The van der Waals surface area contributed by atoms with Gasteiger partial charge in [-0.05, 0) is 42.8 Å². The van der Waals surface area contributed by atoms with E-state index in [2.05, 4.69) is 4.99 Å². The molecule has 9 heteroatoms. The molecule has 0 bridgehead atoms. The van der Waals surface area contributed by atoms with Gasteiger partial charge >= 0.3 is 5.97 Å². The van der Waals surface area contributed by atoms with Crippen LogP contribution < -0.4 is 19.6 Å². The Kier molecular flexibility index (Phi) is 6.24. The summed E-state index contributed by atoms with van der Waals surface area (Å²) < 4.78 is 12.2. The molecule has 164 valence electrons. The number of methoxy groups -OCH3 is 2. The maximum Gasteiger partial charge on any atom is 0.338 e. The fourth-order valence-corrected chi connectivity index (χ4v) is 5.11. The van der Waals surface area contributed by atoms with Gasteiger partial charge in [-0.15, -0.1) is 0 Å². The number of allylic oxidation sites excluding steroid dienone is 1. The van der Waals surface area contributed by atoms with Crippen molar-refractivity contribution in [3.8, 4) is 5.75 Å². The second-order valence-corrected chi connectivity index (χ2v) is 8.81. The number of halogens is 2. The molecule has 0 fully saturated rings. The summed E-state index contributed by atoms with van der Waals surface area (Å²) in [5.74, 6) is 0.116. The molecule has 2 aromatic carbocycles. The van der Waals surface area contributed by atoms with Gasteiger partial charge in [0.25, 0.3) is 5.56 Å². The van der Waals surface area contributed by atoms with Crippen molar-refractivity contribution in [3.63, 3.8) is 0 Å². The molecule has 0 radical (unpaired) electrons. The highest BCUT2D eigenvalue weighted by Crippen LogP contribution is 2.31. The maximum absolute atomic E-state index is 13.5. The highest BCUT2D eigenvalue weighted by atomic mass is 35.5. The van der Waals surface area contributed by atoms with Crippen LogP contribution in [-0.2, 0) is 9.53 Å². The zero-order chi connectivity index (χ0) is 23.0. The van der Waals surface area contributed by atoms with E-state index >= 15 is 0 Å². The lowest BCUT2D eigenvalue weighted by molar-refractivity contribution is -0.136. The van der Waals surface area contributed by atoms with Crippen LogP contribution in [0.25, 0.3) is 6.08 Å². The Morgan fingerprint density at radius 3 is 2.38 bits per heavy atom. The lowest BCUT2D eigenvalue weighted by Gasteiger charge is -2.24. The number of hydrogen-bond acceptors (Lipinski definition) is 6. The predicted octanol–water partition coefficient (Wildman–Crippen LogP) is 3.72. The molecule has 32 heavy (non-hydrogen) atoms. The molecule has 6 nitrogen and oxygen atoms in total. The maximum atomic E-state index is 13.5. The third-order valence-electron chi connectivity index (χ3n) is 5.13. The number of nitrogens with zero attached hydrogens (tertiary/aromatic N) is 2. The van der Waals surface area contributed by atoms with E-state index in [9.17, 15) is 9.59 Å². The number of fused-ring (bicyclic) bond motifs is 1. The quantitative estimate of drug-likeness (QED) is 0.524.